The molecule has 0 fully saturated rings. The van der Waals surface area contributed by atoms with Gasteiger partial charge in [0, 0.05) is 46.2 Å². The fraction of sp³-hybridized carbons (Fsp3) is 0.150. The van der Waals surface area contributed by atoms with E-state index in [1.807, 2.05) is 0 Å². The molecule has 1 unspecified atom stereocenters. The summed E-state index contributed by atoms with van der Waals surface area (Å²) in [5.74, 6) is 0. The van der Waals surface area contributed by atoms with Crippen molar-refractivity contribution in [3.8, 4) is 0 Å². The second-order valence-electron chi connectivity index (χ2n) is 6.13. The highest BCUT2D eigenvalue weighted by Crippen LogP contribution is 2.34. The van der Waals surface area contributed by atoms with Crippen molar-refractivity contribution in [2.75, 3.05) is 0 Å². The number of hydrogen-bond donors (Lipinski definition) is 1. The number of aliphatic hydroxyl groups excluding tert-OH is 1. The van der Waals surface area contributed by atoms with E-state index in [1.165, 1.54) is 53.4 Å². The molecule has 0 spiro atoms. The lowest BCUT2D eigenvalue weighted by Crippen LogP contribution is -2.18. The van der Waals surface area contributed by atoms with Gasteiger partial charge >= 0.3 is 6.18 Å². The Morgan fingerprint density at radius 1 is 1.00 bits per heavy atom. The molecular formula is C20H14Cl2F3NO2. The third kappa shape index (κ3) is 4.24. The molecule has 1 aromatic heterocycles. The molecule has 1 atom stereocenters. The highest BCUT2D eigenvalue weighted by molar-refractivity contribution is 6.36. The van der Waals surface area contributed by atoms with E-state index in [2.05, 4.69) is 0 Å². The largest absolute Gasteiger partial charge is 0.416 e. The second kappa shape index (κ2) is 7.99. The summed E-state index contributed by atoms with van der Waals surface area (Å²) in [4.78, 5) is 12.2. The normalized spacial score (nSPS) is 12.8. The van der Waals surface area contributed by atoms with Crippen molar-refractivity contribution < 1.29 is 18.3 Å². The van der Waals surface area contributed by atoms with Crippen LogP contribution in [0.15, 0.2) is 65.7 Å². The van der Waals surface area contributed by atoms with Gasteiger partial charge in [-0.1, -0.05) is 47.5 Å². The first-order valence-corrected chi connectivity index (χ1v) is 8.91. The predicted molar refractivity (Wildman–Crippen MR) is 102 cm³/mol. The number of nitrogens with zero attached hydrogens (tertiary/aromatic N) is 1. The maximum Gasteiger partial charge on any atom is 0.416 e. The lowest BCUT2D eigenvalue weighted by atomic mass is 10.0. The van der Waals surface area contributed by atoms with Gasteiger partial charge in [-0.3, -0.25) is 4.79 Å². The van der Waals surface area contributed by atoms with Crippen molar-refractivity contribution in [1.29, 1.82) is 0 Å². The molecule has 0 aliphatic rings. The molecule has 1 heterocycles. The number of pyridine rings is 1. The third-order valence-corrected chi connectivity index (χ3v) is 4.91. The molecule has 3 rings (SSSR count). The average Bonchev–Trinajstić information content (AvgIpc) is 2.62. The maximum atomic E-state index is 13.2. The summed E-state index contributed by atoms with van der Waals surface area (Å²) in [5.41, 5.74) is -1.08. The molecule has 0 saturated heterocycles. The van der Waals surface area contributed by atoms with Crippen molar-refractivity contribution in [3.63, 3.8) is 0 Å². The number of rotatable bonds is 4. The molecule has 0 amide bonds. The Hall–Kier alpha value is -2.28. The molecule has 0 aliphatic heterocycles. The van der Waals surface area contributed by atoms with Gasteiger partial charge in [0.25, 0.3) is 0 Å². The number of benzene rings is 2. The quantitative estimate of drug-likeness (QED) is 0.613. The van der Waals surface area contributed by atoms with Crippen LogP contribution in [0.2, 0.25) is 10.0 Å². The number of aromatic nitrogens is 1. The Morgan fingerprint density at radius 2 is 1.64 bits per heavy atom. The van der Waals surface area contributed by atoms with Crippen molar-refractivity contribution in [2.24, 2.45) is 0 Å². The molecule has 3 nitrogen and oxygen atoms in total. The van der Waals surface area contributed by atoms with E-state index < -0.39 is 23.3 Å². The zero-order chi connectivity index (χ0) is 20.5. The smallest absolute Gasteiger partial charge is 0.383 e. The van der Waals surface area contributed by atoms with E-state index in [4.69, 9.17) is 23.2 Å². The molecule has 0 saturated carbocycles. The van der Waals surface area contributed by atoms with Crippen LogP contribution in [-0.2, 0) is 12.7 Å². The molecule has 3 aromatic rings. The Balaban J connectivity index is 2.01. The van der Waals surface area contributed by atoms with Crippen LogP contribution in [-0.4, -0.2) is 9.67 Å². The zero-order valence-corrected chi connectivity index (χ0v) is 15.8. The van der Waals surface area contributed by atoms with Gasteiger partial charge in [0.05, 0.1) is 5.56 Å². The van der Waals surface area contributed by atoms with E-state index in [1.54, 1.807) is 6.07 Å². The molecule has 0 aliphatic carbocycles. The summed E-state index contributed by atoms with van der Waals surface area (Å²) < 4.78 is 41.0. The number of aliphatic hydroxyl groups is 1. The summed E-state index contributed by atoms with van der Waals surface area (Å²) >= 11 is 12.2. The second-order valence-corrected chi connectivity index (χ2v) is 6.94. The maximum absolute atomic E-state index is 13.2. The Morgan fingerprint density at radius 3 is 2.29 bits per heavy atom. The fourth-order valence-corrected chi connectivity index (χ4v) is 3.51. The molecule has 28 heavy (non-hydrogen) atoms. The number of halogens is 5. The first-order chi connectivity index (χ1) is 13.2. The van der Waals surface area contributed by atoms with Gasteiger partial charge < -0.3 is 9.67 Å². The van der Waals surface area contributed by atoms with Gasteiger partial charge in [-0.2, -0.15) is 13.2 Å². The van der Waals surface area contributed by atoms with Crippen LogP contribution < -0.4 is 5.43 Å². The van der Waals surface area contributed by atoms with Crippen molar-refractivity contribution in [1.82, 2.24) is 4.57 Å². The van der Waals surface area contributed by atoms with Crippen molar-refractivity contribution >= 4 is 23.2 Å². The van der Waals surface area contributed by atoms with E-state index in [9.17, 15) is 23.1 Å². The number of hydrogen-bond acceptors (Lipinski definition) is 2. The van der Waals surface area contributed by atoms with Gasteiger partial charge in [0.15, 0.2) is 5.43 Å². The lowest BCUT2D eigenvalue weighted by Gasteiger charge is -2.17. The topological polar surface area (TPSA) is 42.2 Å². The average molecular weight is 428 g/mol. The van der Waals surface area contributed by atoms with Crippen LogP contribution >= 0.6 is 23.2 Å². The molecule has 1 N–H and O–H groups in total. The zero-order valence-electron chi connectivity index (χ0n) is 14.3. The minimum absolute atomic E-state index is 0.0369. The Bertz CT molecular complexity index is 1040. The molecule has 146 valence electrons. The summed E-state index contributed by atoms with van der Waals surface area (Å²) in [6, 6.07) is 11.0. The van der Waals surface area contributed by atoms with E-state index in [0.717, 1.165) is 6.07 Å². The molecule has 0 radical (unpaired) electrons. The first-order valence-electron chi connectivity index (χ1n) is 8.15. The minimum atomic E-state index is -4.50. The first kappa shape index (κ1) is 20.5. The van der Waals surface area contributed by atoms with Gasteiger partial charge in [-0.15, -0.1) is 0 Å². The third-order valence-electron chi connectivity index (χ3n) is 4.25. The van der Waals surface area contributed by atoms with E-state index in [0.29, 0.717) is 0 Å². The van der Waals surface area contributed by atoms with Gasteiger partial charge in [-0.25, -0.2) is 0 Å². The van der Waals surface area contributed by atoms with Gasteiger partial charge in [-0.05, 0) is 23.8 Å². The molecule has 2 aromatic carbocycles. The monoisotopic (exact) mass is 427 g/mol. The van der Waals surface area contributed by atoms with Gasteiger partial charge in [0.1, 0.15) is 6.10 Å². The highest BCUT2D eigenvalue weighted by Gasteiger charge is 2.32. The Labute approximate surface area is 168 Å². The fourth-order valence-electron chi connectivity index (χ4n) is 2.91. The Kier molecular flexibility index (Phi) is 5.84. The van der Waals surface area contributed by atoms with Crippen molar-refractivity contribution in [3.05, 3.63) is 103 Å². The summed E-state index contributed by atoms with van der Waals surface area (Å²) in [6.07, 6.45) is -3.25. The summed E-state index contributed by atoms with van der Waals surface area (Å²) in [7, 11) is 0. The van der Waals surface area contributed by atoms with Crippen molar-refractivity contribution in [2.45, 2.75) is 18.8 Å². The highest BCUT2D eigenvalue weighted by atomic mass is 35.5. The lowest BCUT2D eigenvalue weighted by molar-refractivity contribution is -0.138. The number of alkyl halides is 3. The predicted octanol–water partition coefficient (Wildman–Crippen LogP) is 5.30. The van der Waals surface area contributed by atoms with E-state index in [-0.39, 0.29) is 33.3 Å². The van der Waals surface area contributed by atoms with Crippen LogP contribution in [0.1, 0.15) is 28.4 Å². The SMILES string of the molecule is O=c1ccn(Cc2ccccc2C(F)(F)F)cc1C(O)c1c(Cl)cccc1Cl. The summed E-state index contributed by atoms with van der Waals surface area (Å²) in [6.45, 7) is -0.133. The molecular weight excluding hydrogens is 414 g/mol. The van der Waals surface area contributed by atoms with Crippen LogP contribution in [0.5, 0.6) is 0 Å². The van der Waals surface area contributed by atoms with E-state index >= 15 is 0 Å². The van der Waals surface area contributed by atoms with Crippen LogP contribution in [0.4, 0.5) is 13.2 Å². The summed E-state index contributed by atoms with van der Waals surface area (Å²) in [5, 5.41) is 11.0. The van der Waals surface area contributed by atoms with Gasteiger partial charge in [0.2, 0.25) is 0 Å². The molecule has 0 bridgehead atoms. The molecule has 8 heteroatoms. The van der Waals surface area contributed by atoms with Crippen LogP contribution in [0.25, 0.3) is 0 Å². The standard InChI is InChI=1S/C20H14Cl2F3NO2/c21-15-6-3-7-16(22)18(15)19(28)13-11-26(9-8-17(13)27)10-12-4-1-2-5-14(12)20(23,24)25/h1-9,11,19,28H,10H2. The van der Waals surface area contributed by atoms with Crippen LogP contribution in [0.3, 0.4) is 0 Å². The minimum Gasteiger partial charge on any atom is -0.383 e. The van der Waals surface area contributed by atoms with Crippen LogP contribution in [0, 0.1) is 0 Å².